The molecule has 1 aliphatic heterocycles. The lowest BCUT2D eigenvalue weighted by molar-refractivity contribution is -0.385. The van der Waals surface area contributed by atoms with Crippen molar-refractivity contribution in [3.63, 3.8) is 0 Å². The Bertz CT molecular complexity index is 529. The molecule has 1 fully saturated rings. The van der Waals surface area contributed by atoms with Crippen molar-refractivity contribution in [2.24, 2.45) is 0 Å². The lowest BCUT2D eigenvalue weighted by Crippen LogP contribution is -2.46. The van der Waals surface area contributed by atoms with Gasteiger partial charge in [0, 0.05) is 51.0 Å². The number of nitrogens with two attached hydrogens (primary N) is 1. The average molecular weight is 293 g/mol. The van der Waals surface area contributed by atoms with Crippen LogP contribution in [0.3, 0.4) is 0 Å². The van der Waals surface area contributed by atoms with Crippen molar-refractivity contribution >= 4 is 17.3 Å². The van der Waals surface area contributed by atoms with Gasteiger partial charge in [0.25, 0.3) is 11.6 Å². The van der Waals surface area contributed by atoms with Crippen molar-refractivity contribution in [2.75, 3.05) is 45.0 Å². The van der Waals surface area contributed by atoms with Crippen LogP contribution < -0.4 is 16.4 Å². The fourth-order valence-corrected chi connectivity index (χ4v) is 2.25. The number of carbonyl (C=O) groups excluding carboxylic acids is 1. The van der Waals surface area contributed by atoms with Gasteiger partial charge in [-0.1, -0.05) is 0 Å². The third kappa shape index (κ3) is 4.14. The second kappa shape index (κ2) is 7.00. The molecule has 0 spiro atoms. The van der Waals surface area contributed by atoms with Gasteiger partial charge < -0.3 is 16.4 Å². The number of anilines is 1. The molecule has 4 N–H and O–H groups in total. The zero-order valence-electron chi connectivity index (χ0n) is 11.7. The summed E-state index contributed by atoms with van der Waals surface area (Å²) in [5, 5.41) is 16.9. The minimum Gasteiger partial charge on any atom is -0.399 e. The number of rotatable bonds is 5. The standard InChI is InChI=1S/C13H19N5O3/c14-10-1-2-12(18(20)21)11(9-10)13(19)16-5-8-17-6-3-15-4-7-17/h1-2,9,15H,3-8,14H2,(H,16,19). The van der Waals surface area contributed by atoms with Gasteiger partial charge in [0.1, 0.15) is 5.56 Å². The summed E-state index contributed by atoms with van der Waals surface area (Å²) < 4.78 is 0. The molecule has 0 aliphatic carbocycles. The quantitative estimate of drug-likeness (QED) is 0.394. The van der Waals surface area contributed by atoms with Crippen LogP contribution in [0.5, 0.6) is 0 Å². The molecule has 0 radical (unpaired) electrons. The first-order valence-corrected chi connectivity index (χ1v) is 6.83. The number of nitro groups is 1. The second-order valence-electron chi connectivity index (χ2n) is 4.88. The molecule has 0 unspecified atom stereocenters. The smallest absolute Gasteiger partial charge is 0.282 e. The maximum atomic E-state index is 12.1. The van der Waals surface area contributed by atoms with E-state index in [9.17, 15) is 14.9 Å². The van der Waals surface area contributed by atoms with Crippen LogP contribution in [-0.2, 0) is 0 Å². The van der Waals surface area contributed by atoms with E-state index in [1.165, 1.54) is 18.2 Å². The highest BCUT2D eigenvalue weighted by molar-refractivity contribution is 5.99. The Labute approximate surface area is 122 Å². The molecule has 1 aromatic carbocycles. The van der Waals surface area contributed by atoms with Gasteiger partial charge in [-0.25, -0.2) is 0 Å². The lowest BCUT2D eigenvalue weighted by atomic mass is 10.1. The summed E-state index contributed by atoms with van der Waals surface area (Å²) in [7, 11) is 0. The first-order chi connectivity index (χ1) is 10.1. The van der Waals surface area contributed by atoms with E-state index < -0.39 is 10.8 Å². The Morgan fingerprint density at radius 1 is 1.43 bits per heavy atom. The van der Waals surface area contributed by atoms with Gasteiger partial charge in [0.2, 0.25) is 0 Å². The van der Waals surface area contributed by atoms with E-state index >= 15 is 0 Å². The fraction of sp³-hybridized carbons (Fsp3) is 0.462. The summed E-state index contributed by atoms with van der Waals surface area (Å²) in [5.74, 6) is -0.468. The highest BCUT2D eigenvalue weighted by Gasteiger charge is 2.20. The van der Waals surface area contributed by atoms with Gasteiger partial charge in [0.15, 0.2) is 0 Å². The summed E-state index contributed by atoms with van der Waals surface area (Å²) in [4.78, 5) is 24.6. The normalized spacial score (nSPS) is 15.6. The van der Waals surface area contributed by atoms with Gasteiger partial charge in [0.05, 0.1) is 4.92 Å². The molecular weight excluding hydrogens is 274 g/mol. The Morgan fingerprint density at radius 2 is 2.14 bits per heavy atom. The average Bonchev–Trinajstić information content (AvgIpc) is 2.47. The predicted octanol–water partition coefficient (Wildman–Crippen LogP) is -0.188. The molecule has 21 heavy (non-hydrogen) atoms. The third-order valence-corrected chi connectivity index (χ3v) is 3.39. The number of amides is 1. The van der Waals surface area contributed by atoms with Gasteiger partial charge in [-0.3, -0.25) is 19.8 Å². The minimum atomic E-state index is -0.579. The molecule has 0 aromatic heterocycles. The van der Waals surface area contributed by atoms with Crippen molar-refractivity contribution in [3.05, 3.63) is 33.9 Å². The van der Waals surface area contributed by atoms with Crippen LogP contribution in [0.4, 0.5) is 11.4 Å². The van der Waals surface area contributed by atoms with Crippen LogP contribution >= 0.6 is 0 Å². The third-order valence-electron chi connectivity index (χ3n) is 3.39. The van der Waals surface area contributed by atoms with Crippen LogP contribution in [0, 0.1) is 10.1 Å². The number of carbonyl (C=O) groups is 1. The summed E-state index contributed by atoms with van der Waals surface area (Å²) >= 11 is 0. The largest absolute Gasteiger partial charge is 0.399 e. The highest BCUT2D eigenvalue weighted by Crippen LogP contribution is 2.20. The van der Waals surface area contributed by atoms with Gasteiger partial charge in [-0.15, -0.1) is 0 Å². The zero-order valence-corrected chi connectivity index (χ0v) is 11.7. The van der Waals surface area contributed by atoms with Gasteiger partial charge >= 0.3 is 0 Å². The van der Waals surface area contributed by atoms with E-state index in [1.807, 2.05) is 0 Å². The number of hydrogen-bond donors (Lipinski definition) is 3. The van der Waals surface area contributed by atoms with Crippen molar-refractivity contribution in [2.45, 2.75) is 0 Å². The second-order valence-corrected chi connectivity index (χ2v) is 4.88. The number of nitro benzene ring substituents is 1. The number of hydrogen-bond acceptors (Lipinski definition) is 6. The van der Waals surface area contributed by atoms with E-state index in [0.717, 1.165) is 32.7 Å². The van der Waals surface area contributed by atoms with Crippen LogP contribution in [0.1, 0.15) is 10.4 Å². The molecule has 0 saturated carbocycles. The van der Waals surface area contributed by atoms with E-state index in [4.69, 9.17) is 5.73 Å². The van der Waals surface area contributed by atoms with Crippen molar-refractivity contribution in [1.29, 1.82) is 0 Å². The Balaban J connectivity index is 1.93. The highest BCUT2D eigenvalue weighted by atomic mass is 16.6. The zero-order chi connectivity index (χ0) is 15.2. The van der Waals surface area contributed by atoms with E-state index in [1.54, 1.807) is 0 Å². The Hall–Kier alpha value is -2.19. The van der Waals surface area contributed by atoms with Crippen molar-refractivity contribution in [1.82, 2.24) is 15.5 Å². The van der Waals surface area contributed by atoms with Gasteiger partial charge in [-0.05, 0) is 12.1 Å². The van der Waals surface area contributed by atoms with Crippen LogP contribution in [0.25, 0.3) is 0 Å². The number of nitrogens with one attached hydrogen (secondary N) is 2. The first kappa shape index (κ1) is 15.2. The molecule has 8 heteroatoms. The number of piperazine rings is 1. The molecule has 0 atom stereocenters. The van der Waals surface area contributed by atoms with Crippen LogP contribution in [0.2, 0.25) is 0 Å². The number of nitrogen functional groups attached to an aromatic ring is 1. The summed E-state index contributed by atoms with van der Waals surface area (Å²) in [6.07, 6.45) is 0. The maximum absolute atomic E-state index is 12.1. The van der Waals surface area contributed by atoms with Crippen LogP contribution in [-0.4, -0.2) is 55.0 Å². The minimum absolute atomic E-state index is 0.000288. The maximum Gasteiger partial charge on any atom is 0.282 e. The number of benzene rings is 1. The summed E-state index contributed by atoms with van der Waals surface area (Å²) in [5.41, 5.74) is 5.69. The van der Waals surface area contributed by atoms with Gasteiger partial charge in [-0.2, -0.15) is 0 Å². The topological polar surface area (TPSA) is 114 Å². The molecule has 2 rings (SSSR count). The number of nitrogens with zero attached hydrogens (tertiary/aromatic N) is 2. The molecule has 1 saturated heterocycles. The molecule has 1 aliphatic rings. The molecule has 1 heterocycles. The van der Waals surface area contributed by atoms with Crippen LogP contribution in [0.15, 0.2) is 18.2 Å². The summed E-state index contributed by atoms with van der Waals surface area (Å²) in [6, 6.07) is 3.99. The first-order valence-electron chi connectivity index (χ1n) is 6.83. The fourth-order valence-electron chi connectivity index (χ4n) is 2.25. The summed E-state index contributed by atoms with van der Waals surface area (Å²) in [6.45, 7) is 4.93. The molecule has 1 aromatic rings. The van der Waals surface area contributed by atoms with E-state index in [0.29, 0.717) is 12.2 Å². The molecule has 0 bridgehead atoms. The van der Waals surface area contributed by atoms with E-state index in [-0.39, 0.29) is 11.3 Å². The van der Waals surface area contributed by atoms with Crippen molar-refractivity contribution < 1.29 is 9.72 Å². The predicted molar refractivity (Wildman–Crippen MR) is 79.2 cm³/mol. The molecule has 8 nitrogen and oxygen atoms in total. The SMILES string of the molecule is Nc1ccc([N+](=O)[O-])c(C(=O)NCCN2CCNCC2)c1. The monoisotopic (exact) mass is 293 g/mol. The molecule has 1 amide bonds. The molecule has 114 valence electrons. The lowest BCUT2D eigenvalue weighted by Gasteiger charge is -2.27. The Morgan fingerprint density at radius 3 is 2.81 bits per heavy atom. The van der Waals surface area contributed by atoms with Crippen molar-refractivity contribution in [3.8, 4) is 0 Å². The van der Waals surface area contributed by atoms with E-state index in [2.05, 4.69) is 15.5 Å². The molecular formula is C13H19N5O3. The Kier molecular flexibility index (Phi) is 5.07.